The number of nitrogen functional groups attached to an aromatic ring is 1. The number of nitrogens with two attached hydrogens (primary N) is 2. The number of amides is 1. The number of pyridine rings is 1. The van der Waals surface area contributed by atoms with Gasteiger partial charge in [-0.25, -0.2) is 9.78 Å². The summed E-state index contributed by atoms with van der Waals surface area (Å²) in [6.45, 7) is -0.199. The highest BCUT2D eigenvalue weighted by Gasteiger charge is 2.19. The Hall–Kier alpha value is -3.13. The Morgan fingerprint density at radius 3 is 2.68 bits per heavy atom. The molecule has 0 aliphatic rings. The molecule has 1 aromatic carbocycles. The molecule has 2 aromatic heterocycles. The van der Waals surface area contributed by atoms with Gasteiger partial charge in [0.2, 0.25) is 0 Å². The summed E-state index contributed by atoms with van der Waals surface area (Å²) in [6.07, 6.45) is 1.33. The van der Waals surface area contributed by atoms with Gasteiger partial charge in [0.1, 0.15) is 18.2 Å². The van der Waals surface area contributed by atoms with E-state index >= 15 is 0 Å². The molecule has 3 rings (SSSR count). The number of carbonyl (C=O) groups is 2. The van der Waals surface area contributed by atoms with E-state index in [4.69, 9.17) is 20.9 Å². The van der Waals surface area contributed by atoms with Crippen LogP contribution in [0, 0.1) is 0 Å². The van der Waals surface area contributed by atoms with E-state index in [1.165, 1.54) is 17.5 Å². The molecule has 3 aromatic rings. The Bertz CT molecular complexity index is 924. The second-order valence-electron chi connectivity index (χ2n) is 5.17. The molecule has 0 radical (unpaired) electrons. The topological polar surface area (TPSA) is 118 Å². The van der Waals surface area contributed by atoms with Gasteiger partial charge in [-0.2, -0.15) is 0 Å². The quantitative estimate of drug-likeness (QED) is 0.652. The minimum atomic E-state index is -0.726. The van der Waals surface area contributed by atoms with Gasteiger partial charge in [0, 0.05) is 17.1 Å². The number of thiophene rings is 1. The molecule has 4 N–H and O–H groups in total. The van der Waals surface area contributed by atoms with Crippen LogP contribution >= 0.6 is 11.3 Å². The molecule has 0 atom stereocenters. The molecule has 7 nitrogen and oxygen atoms in total. The van der Waals surface area contributed by atoms with E-state index in [2.05, 4.69) is 4.98 Å². The number of nitrogens with zero attached hydrogens (tertiary/aromatic N) is 1. The van der Waals surface area contributed by atoms with Gasteiger partial charge in [0.15, 0.2) is 6.61 Å². The van der Waals surface area contributed by atoms with Gasteiger partial charge in [-0.05, 0) is 17.5 Å². The number of ether oxygens (including phenoxy) is 2. The first-order chi connectivity index (χ1) is 12.1. The highest BCUT2D eigenvalue weighted by atomic mass is 32.1. The Kier molecular flexibility index (Phi) is 4.80. The van der Waals surface area contributed by atoms with Crippen molar-refractivity contribution in [3.8, 4) is 5.75 Å². The van der Waals surface area contributed by atoms with Crippen LogP contribution in [0.3, 0.4) is 0 Å². The number of fused-ring (bicyclic) bond motifs is 1. The molecule has 0 fully saturated rings. The van der Waals surface area contributed by atoms with E-state index in [1.54, 1.807) is 0 Å². The molecule has 0 spiro atoms. The number of benzene rings is 1. The van der Waals surface area contributed by atoms with Gasteiger partial charge in [-0.15, -0.1) is 11.3 Å². The predicted octanol–water partition coefficient (Wildman–Crippen LogP) is 2.10. The second kappa shape index (κ2) is 7.18. The average molecular weight is 357 g/mol. The molecule has 8 heteroatoms. The summed E-state index contributed by atoms with van der Waals surface area (Å²) in [5.41, 5.74) is 12.0. The third kappa shape index (κ3) is 3.69. The second-order valence-corrected chi connectivity index (χ2v) is 6.05. The van der Waals surface area contributed by atoms with Crippen LogP contribution in [-0.4, -0.2) is 23.5 Å². The van der Waals surface area contributed by atoms with Crippen LogP contribution in [0.4, 0.5) is 5.82 Å². The van der Waals surface area contributed by atoms with Crippen LogP contribution in [0.25, 0.3) is 10.1 Å². The smallest absolute Gasteiger partial charge is 0.341 e. The lowest BCUT2D eigenvalue weighted by Gasteiger charge is -2.07. The van der Waals surface area contributed by atoms with E-state index in [0.29, 0.717) is 15.9 Å². The number of rotatable bonds is 6. The highest BCUT2D eigenvalue weighted by molar-refractivity contribution is 7.17. The van der Waals surface area contributed by atoms with Crippen molar-refractivity contribution in [2.75, 3.05) is 12.3 Å². The van der Waals surface area contributed by atoms with Crippen molar-refractivity contribution in [1.29, 1.82) is 0 Å². The first kappa shape index (κ1) is 16.7. The summed E-state index contributed by atoms with van der Waals surface area (Å²) in [5, 5.41) is 2.51. The third-order valence-corrected chi connectivity index (χ3v) is 4.47. The fourth-order valence-electron chi connectivity index (χ4n) is 2.27. The van der Waals surface area contributed by atoms with Crippen LogP contribution in [0.15, 0.2) is 41.9 Å². The van der Waals surface area contributed by atoms with Gasteiger partial charge < -0.3 is 20.9 Å². The fourth-order valence-corrected chi connectivity index (χ4v) is 3.34. The number of hydrogen-bond acceptors (Lipinski definition) is 7. The van der Waals surface area contributed by atoms with Crippen molar-refractivity contribution in [3.05, 3.63) is 53.0 Å². The zero-order valence-corrected chi connectivity index (χ0v) is 13.9. The number of primary amides is 1. The largest absolute Gasteiger partial charge is 0.489 e. The van der Waals surface area contributed by atoms with Gasteiger partial charge in [0.25, 0.3) is 5.91 Å². The van der Waals surface area contributed by atoms with Gasteiger partial charge >= 0.3 is 5.97 Å². The molecule has 0 unspecified atom stereocenters. The van der Waals surface area contributed by atoms with Crippen molar-refractivity contribution in [2.45, 2.75) is 6.61 Å². The standard InChI is InChI=1S/C17H15N3O4S/c18-13(21)8-24-17(22)12-6-20-16(19)14-10(9-25-15(12)14)7-23-11-4-2-1-3-5-11/h1-6,9H,7-8H2,(H2,18,21)(H2,19,20). The summed E-state index contributed by atoms with van der Waals surface area (Å²) in [4.78, 5) is 27.0. The summed E-state index contributed by atoms with van der Waals surface area (Å²) in [5.74, 6) is -0.371. The molecule has 0 aliphatic carbocycles. The minimum Gasteiger partial charge on any atom is -0.489 e. The lowest BCUT2D eigenvalue weighted by atomic mass is 10.1. The summed E-state index contributed by atoms with van der Waals surface area (Å²) >= 11 is 1.34. The molecule has 0 saturated carbocycles. The van der Waals surface area contributed by atoms with Crippen LogP contribution in [0.2, 0.25) is 0 Å². The van der Waals surface area contributed by atoms with Crippen LogP contribution in [0.5, 0.6) is 5.75 Å². The van der Waals surface area contributed by atoms with E-state index in [1.807, 2.05) is 35.7 Å². The fraction of sp³-hybridized carbons (Fsp3) is 0.118. The first-order valence-electron chi connectivity index (χ1n) is 7.34. The van der Waals surface area contributed by atoms with Crippen molar-refractivity contribution in [2.24, 2.45) is 5.73 Å². The molecule has 0 bridgehead atoms. The normalized spacial score (nSPS) is 10.6. The summed E-state index contributed by atoms with van der Waals surface area (Å²) < 4.78 is 11.2. The zero-order valence-electron chi connectivity index (χ0n) is 13.1. The lowest BCUT2D eigenvalue weighted by Crippen LogP contribution is -2.21. The van der Waals surface area contributed by atoms with Crippen molar-refractivity contribution >= 4 is 39.1 Å². The molecule has 25 heavy (non-hydrogen) atoms. The molecule has 2 heterocycles. The van der Waals surface area contributed by atoms with Gasteiger partial charge in [-0.3, -0.25) is 4.79 Å². The molecular formula is C17H15N3O4S. The predicted molar refractivity (Wildman–Crippen MR) is 94.3 cm³/mol. The molecule has 1 amide bonds. The van der Waals surface area contributed by atoms with E-state index in [0.717, 1.165) is 11.3 Å². The summed E-state index contributed by atoms with van der Waals surface area (Å²) in [7, 11) is 0. The Morgan fingerprint density at radius 1 is 1.20 bits per heavy atom. The maximum absolute atomic E-state index is 12.1. The Labute approximate surface area is 147 Å². The van der Waals surface area contributed by atoms with Crippen LogP contribution < -0.4 is 16.2 Å². The monoisotopic (exact) mass is 357 g/mol. The van der Waals surface area contributed by atoms with Crippen LogP contribution in [0.1, 0.15) is 15.9 Å². The van der Waals surface area contributed by atoms with E-state index in [-0.39, 0.29) is 12.2 Å². The lowest BCUT2D eigenvalue weighted by molar-refractivity contribution is -0.121. The van der Waals surface area contributed by atoms with Crippen molar-refractivity contribution in [1.82, 2.24) is 4.98 Å². The average Bonchev–Trinajstić information content (AvgIpc) is 3.04. The van der Waals surface area contributed by atoms with Crippen molar-refractivity contribution in [3.63, 3.8) is 0 Å². The number of para-hydroxylation sites is 1. The minimum absolute atomic E-state index is 0.237. The van der Waals surface area contributed by atoms with E-state index in [9.17, 15) is 9.59 Å². The Morgan fingerprint density at radius 2 is 1.96 bits per heavy atom. The number of esters is 1. The molecule has 0 aliphatic heterocycles. The number of hydrogen-bond donors (Lipinski definition) is 2. The van der Waals surface area contributed by atoms with Gasteiger partial charge in [-0.1, -0.05) is 18.2 Å². The van der Waals surface area contributed by atoms with E-state index < -0.39 is 18.5 Å². The number of anilines is 1. The maximum atomic E-state index is 12.1. The SMILES string of the molecule is NC(=O)COC(=O)c1cnc(N)c2c(COc3ccccc3)csc12. The maximum Gasteiger partial charge on any atom is 0.341 e. The van der Waals surface area contributed by atoms with Gasteiger partial charge in [0.05, 0.1) is 10.3 Å². The summed E-state index contributed by atoms with van der Waals surface area (Å²) in [6, 6.07) is 9.36. The Balaban J connectivity index is 1.88. The number of aromatic nitrogens is 1. The zero-order chi connectivity index (χ0) is 17.8. The first-order valence-corrected chi connectivity index (χ1v) is 8.22. The highest BCUT2D eigenvalue weighted by Crippen LogP contribution is 2.33. The number of carbonyl (C=O) groups excluding carboxylic acids is 2. The van der Waals surface area contributed by atoms with Crippen molar-refractivity contribution < 1.29 is 19.1 Å². The van der Waals surface area contributed by atoms with Crippen LogP contribution in [-0.2, 0) is 16.1 Å². The molecular weight excluding hydrogens is 342 g/mol. The molecule has 0 saturated heterocycles. The molecule has 128 valence electrons. The third-order valence-electron chi connectivity index (χ3n) is 3.40.